The van der Waals surface area contributed by atoms with Gasteiger partial charge in [-0.25, -0.2) is 12.4 Å². The van der Waals surface area contributed by atoms with Gasteiger partial charge in [0.25, 0.3) is 10.0 Å². The molecule has 0 aliphatic rings. The van der Waals surface area contributed by atoms with E-state index in [1.807, 2.05) is 49.4 Å². The van der Waals surface area contributed by atoms with Crippen LogP contribution < -0.4 is 0 Å². The van der Waals surface area contributed by atoms with Crippen molar-refractivity contribution < 1.29 is 8.42 Å². The van der Waals surface area contributed by atoms with Crippen molar-refractivity contribution in [2.75, 3.05) is 0 Å². The molecule has 0 saturated heterocycles. The molecule has 11 aromatic rings. The van der Waals surface area contributed by atoms with E-state index in [1.165, 1.54) is 25.8 Å². The maximum Gasteiger partial charge on any atom is 0.268 e. The molecule has 0 bridgehead atoms. The van der Waals surface area contributed by atoms with Crippen molar-refractivity contribution in [3.8, 4) is 22.5 Å². The number of nitrogens with zero attached hydrogens (tertiary/aromatic N) is 3. The fourth-order valence-corrected chi connectivity index (χ4v) is 10.2. The Kier molecular flexibility index (Phi) is 6.79. The topological polar surface area (TPSA) is 48.9 Å². The lowest BCUT2D eigenvalue weighted by Crippen LogP contribution is -2.13. The third kappa shape index (κ3) is 4.62. The quantitative estimate of drug-likeness (QED) is 0.177. The van der Waals surface area contributed by atoms with Gasteiger partial charge in [0.2, 0.25) is 0 Å². The Morgan fingerprint density at radius 2 is 0.909 bits per heavy atom. The minimum atomic E-state index is -3.92. The second kappa shape index (κ2) is 11.8. The first-order valence-electron chi connectivity index (χ1n) is 18.4. The van der Waals surface area contributed by atoms with Gasteiger partial charge in [-0.3, -0.25) is 0 Å². The molecule has 3 heterocycles. The summed E-state index contributed by atoms with van der Waals surface area (Å²) in [6.45, 7) is 1.96. The van der Waals surface area contributed by atoms with Crippen LogP contribution in [0.15, 0.2) is 187 Å². The van der Waals surface area contributed by atoms with Crippen molar-refractivity contribution in [2.45, 2.75) is 11.8 Å². The summed E-state index contributed by atoms with van der Waals surface area (Å²) < 4.78 is 35.0. The first-order valence-corrected chi connectivity index (χ1v) is 19.9. The molecule has 0 amide bonds. The molecule has 8 aromatic carbocycles. The smallest absolute Gasteiger partial charge is 0.268 e. The highest BCUT2D eigenvalue weighted by Crippen LogP contribution is 2.40. The first-order chi connectivity index (χ1) is 27.0. The molecule has 11 rings (SSSR count). The van der Waals surface area contributed by atoms with Gasteiger partial charge in [0.1, 0.15) is 0 Å². The predicted octanol–water partition coefficient (Wildman–Crippen LogP) is 12.2. The third-order valence-corrected chi connectivity index (χ3v) is 12.9. The average molecular weight is 728 g/mol. The van der Waals surface area contributed by atoms with Gasteiger partial charge in [0.05, 0.1) is 43.7 Å². The zero-order chi connectivity index (χ0) is 36.8. The lowest BCUT2D eigenvalue weighted by molar-refractivity contribution is 0.590. The molecule has 0 aliphatic heterocycles. The average Bonchev–Trinajstić information content (AvgIpc) is 3.86. The van der Waals surface area contributed by atoms with E-state index in [2.05, 4.69) is 137 Å². The molecule has 0 unspecified atom stereocenters. The van der Waals surface area contributed by atoms with Gasteiger partial charge in [-0.05, 0) is 79.2 Å². The molecule has 0 spiro atoms. The Labute approximate surface area is 317 Å². The zero-order valence-corrected chi connectivity index (χ0v) is 30.7. The van der Waals surface area contributed by atoms with E-state index in [-0.39, 0.29) is 4.90 Å². The van der Waals surface area contributed by atoms with Crippen LogP contribution in [-0.2, 0) is 10.0 Å². The molecular weight excluding hydrogens is 695 g/mol. The Morgan fingerprint density at radius 3 is 1.58 bits per heavy atom. The minimum Gasteiger partial charge on any atom is -0.309 e. The van der Waals surface area contributed by atoms with Gasteiger partial charge in [-0.1, -0.05) is 121 Å². The molecule has 0 saturated carbocycles. The van der Waals surface area contributed by atoms with Crippen LogP contribution in [0.4, 0.5) is 0 Å². The highest BCUT2D eigenvalue weighted by atomic mass is 32.2. The first kappa shape index (κ1) is 31.6. The standard InChI is InChI=1S/C49H33N3O2S/c1-32-22-26-35(27-23-32)55(53,54)52-48-21-11-6-15-39(48)41-28-25-34(31-49(41)52)50-44-18-8-5-16-40(44)42-30-33(24-29-47(42)50)36-12-2-7-17-43(36)51-45-19-9-3-13-37(45)38-14-4-10-20-46(38)51/h2-31H,1H3. The summed E-state index contributed by atoms with van der Waals surface area (Å²) in [4.78, 5) is 0.261. The SMILES string of the molecule is Cc1ccc(S(=O)(=O)n2c3ccccc3c3ccc(-n4c5ccccc5c5cc(-c6ccccc6-n6c7ccccc7c7ccccc76)ccc54)cc32)cc1. The van der Waals surface area contributed by atoms with Gasteiger partial charge in [0.15, 0.2) is 0 Å². The van der Waals surface area contributed by atoms with Gasteiger partial charge >= 0.3 is 0 Å². The van der Waals surface area contributed by atoms with Crippen molar-refractivity contribution >= 4 is 75.4 Å². The predicted molar refractivity (Wildman–Crippen MR) is 227 cm³/mol. The molecule has 55 heavy (non-hydrogen) atoms. The van der Waals surface area contributed by atoms with Crippen molar-refractivity contribution in [3.05, 3.63) is 188 Å². The van der Waals surface area contributed by atoms with Crippen molar-refractivity contribution in [3.63, 3.8) is 0 Å². The second-order valence-corrected chi connectivity index (χ2v) is 16.1. The summed E-state index contributed by atoms with van der Waals surface area (Å²) in [5.74, 6) is 0. The van der Waals surface area contributed by atoms with E-state index >= 15 is 0 Å². The van der Waals surface area contributed by atoms with Gasteiger partial charge in [0, 0.05) is 43.6 Å². The summed E-state index contributed by atoms with van der Waals surface area (Å²) in [5, 5.41) is 6.50. The monoisotopic (exact) mass is 727 g/mol. The third-order valence-electron chi connectivity index (χ3n) is 11.1. The lowest BCUT2D eigenvalue weighted by atomic mass is 10.0. The molecule has 0 radical (unpaired) electrons. The van der Waals surface area contributed by atoms with Crippen LogP contribution in [0, 0.1) is 6.92 Å². The second-order valence-electron chi connectivity index (χ2n) is 14.3. The number of aryl methyl sites for hydroxylation is 1. The van der Waals surface area contributed by atoms with Crippen LogP contribution >= 0.6 is 0 Å². The van der Waals surface area contributed by atoms with Crippen LogP contribution in [0.25, 0.3) is 87.9 Å². The summed E-state index contributed by atoms with van der Waals surface area (Å²) in [6.07, 6.45) is 0. The number of fused-ring (bicyclic) bond motifs is 9. The lowest BCUT2D eigenvalue weighted by Gasteiger charge is -2.14. The summed E-state index contributed by atoms with van der Waals surface area (Å²) in [7, 11) is -3.92. The number of hydrogen-bond donors (Lipinski definition) is 0. The molecule has 0 atom stereocenters. The Bertz CT molecular complexity index is 3410. The molecule has 6 heteroatoms. The van der Waals surface area contributed by atoms with E-state index in [4.69, 9.17) is 0 Å². The Morgan fingerprint density at radius 1 is 0.400 bits per heavy atom. The van der Waals surface area contributed by atoms with Crippen LogP contribution in [0.3, 0.4) is 0 Å². The minimum absolute atomic E-state index is 0.261. The van der Waals surface area contributed by atoms with Gasteiger partial charge < -0.3 is 9.13 Å². The maximum atomic E-state index is 14.4. The maximum absolute atomic E-state index is 14.4. The summed E-state index contributed by atoms with van der Waals surface area (Å²) in [5.41, 5.74) is 11.0. The fourth-order valence-electron chi connectivity index (χ4n) is 8.65. The van der Waals surface area contributed by atoms with Crippen molar-refractivity contribution in [1.82, 2.24) is 13.1 Å². The van der Waals surface area contributed by atoms with E-state index < -0.39 is 10.0 Å². The summed E-state index contributed by atoms with van der Waals surface area (Å²) in [6, 6.07) is 62.1. The number of para-hydroxylation sites is 5. The summed E-state index contributed by atoms with van der Waals surface area (Å²) >= 11 is 0. The normalized spacial score (nSPS) is 12.2. The van der Waals surface area contributed by atoms with Crippen molar-refractivity contribution in [1.29, 1.82) is 0 Å². The molecule has 3 aromatic heterocycles. The van der Waals surface area contributed by atoms with Gasteiger partial charge in [-0.2, -0.15) is 0 Å². The molecule has 5 nitrogen and oxygen atoms in total. The molecule has 0 aliphatic carbocycles. The molecule has 0 N–H and O–H groups in total. The van der Waals surface area contributed by atoms with E-state index in [0.717, 1.165) is 60.6 Å². The van der Waals surface area contributed by atoms with Crippen LogP contribution in [0.2, 0.25) is 0 Å². The van der Waals surface area contributed by atoms with Gasteiger partial charge in [-0.15, -0.1) is 0 Å². The number of rotatable bonds is 5. The highest BCUT2D eigenvalue weighted by molar-refractivity contribution is 7.90. The van der Waals surface area contributed by atoms with Crippen molar-refractivity contribution in [2.24, 2.45) is 0 Å². The zero-order valence-electron chi connectivity index (χ0n) is 29.9. The van der Waals surface area contributed by atoms with Crippen LogP contribution in [0.5, 0.6) is 0 Å². The number of hydrogen-bond acceptors (Lipinski definition) is 2. The molecule has 0 fully saturated rings. The Hall–Kier alpha value is -6.89. The fraction of sp³-hybridized carbons (Fsp3) is 0.0204. The van der Waals surface area contributed by atoms with E-state index in [9.17, 15) is 8.42 Å². The molecule has 262 valence electrons. The largest absolute Gasteiger partial charge is 0.309 e. The van der Waals surface area contributed by atoms with Crippen LogP contribution in [0.1, 0.15) is 5.56 Å². The molecular formula is C49H33N3O2S. The number of aromatic nitrogens is 3. The number of benzene rings is 8. The van der Waals surface area contributed by atoms with E-state index in [1.54, 1.807) is 12.1 Å². The highest BCUT2D eigenvalue weighted by Gasteiger charge is 2.24. The Balaban J connectivity index is 1.13. The van der Waals surface area contributed by atoms with Crippen LogP contribution in [-0.4, -0.2) is 21.5 Å². The van der Waals surface area contributed by atoms with E-state index in [0.29, 0.717) is 11.0 Å².